The van der Waals surface area contributed by atoms with Gasteiger partial charge in [0, 0.05) is 38.1 Å². The number of likely N-dealkylation sites (tertiary alicyclic amines) is 2. The van der Waals surface area contributed by atoms with Crippen LogP contribution in [0.15, 0.2) is 42.6 Å². The van der Waals surface area contributed by atoms with Crippen molar-refractivity contribution >= 4 is 29.2 Å². The average molecular weight is 467 g/mol. The largest absolute Gasteiger partial charge is 0.416 e. The zero-order valence-corrected chi connectivity index (χ0v) is 17.9. The van der Waals surface area contributed by atoms with Gasteiger partial charge in [-0.15, -0.1) is 0 Å². The Hall–Kier alpha value is -2.81. The molecule has 0 unspecified atom stereocenters. The first kappa shape index (κ1) is 22.4. The van der Waals surface area contributed by atoms with Crippen LogP contribution in [0, 0.1) is 5.41 Å². The van der Waals surface area contributed by atoms with Gasteiger partial charge in [0.1, 0.15) is 5.15 Å². The van der Waals surface area contributed by atoms with Crippen molar-refractivity contribution in [3.63, 3.8) is 0 Å². The molecule has 2 aliphatic rings. The Morgan fingerprint density at radius 1 is 1.00 bits per heavy atom. The SMILES string of the molecule is O=C(Nc1ccc(C(F)(F)F)cc1)N1CCC2(CCN(C(=O)c3cccnc3Cl)CC2)C1. The molecule has 1 spiro atoms. The fourth-order valence-electron chi connectivity index (χ4n) is 4.36. The van der Waals surface area contributed by atoms with Gasteiger partial charge in [-0.25, -0.2) is 9.78 Å². The lowest BCUT2D eigenvalue weighted by atomic mass is 9.77. The lowest BCUT2D eigenvalue weighted by Crippen LogP contribution is -2.45. The standard InChI is InChI=1S/C22H22ClF3N4O2/c23-18-17(2-1-10-27-18)19(31)29-11-7-21(8-12-29)9-13-30(14-21)20(32)28-16-5-3-15(4-6-16)22(24,25)26/h1-6,10H,7-9,11-14H2,(H,28,32). The summed E-state index contributed by atoms with van der Waals surface area (Å²) < 4.78 is 38.1. The van der Waals surface area contributed by atoms with E-state index in [1.165, 1.54) is 18.3 Å². The number of pyridine rings is 1. The number of aromatic nitrogens is 1. The molecular weight excluding hydrogens is 445 g/mol. The first-order chi connectivity index (χ1) is 15.2. The molecule has 170 valence electrons. The number of carbonyl (C=O) groups excluding carboxylic acids is 2. The molecule has 1 aromatic heterocycles. The van der Waals surface area contributed by atoms with Gasteiger partial charge < -0.3 is 15.1 Å². The summed E-state index contributed by atoms with van der Waals surface area (Å²) in [6, 6.07) is 7.40. The van der Waals surface area contributed by atoms with Crippen molar-refractivity contribution in [3.05, 3.63) is 58.9 Å². The number of hydrogen-bond acceptors (Lipinski definition) is 3. The lowest BCUT2D eigenvalue weighted by Gasteiger charge is -2.39. The second-order valence-electron chi connectivity index (χ2n) is 8.31. The molecule has 6 nitrogen and oxygen atoms in total. The van der Waals surface area contributed by atoms with Crippen LogP contribution in [0.1, 0.15) is 35.2 Å². The molecule has 2 saturated heterocycles. The predicted molar refractivity (Wildman–Crippen MR) is 113 cm³/mol. The topological polar surface area (TPSA) is 65.5 Å². The molecular formula is C22H22ClF3N4O2. The summed E-state index contributed by atoms with van der Waals surface area (Å²) in [4.78, 5) is 32.8. The van der Waals surface area contributed by atoms with Gasteiger partial charge in [-0.05, 0) is 61.1 Å². The molecule has 10 heteroatoms. The van der Waals surface area contributed by atoms with Crippen LogP contribution in [0.5, 0.6) is 0 Å². The number of urea groups is 1. The lowest BCUT2D eigenvalue weighted by molar-refractivity contribution is -0.137. The highest BCUT2D eigenvalue weighted by Gasteiger charge is 2.43. The molecule has 32 heavy (non-hydrogen) atoms. The van der Waals surface area contributed by atoms with Crippen LogP contribution in [0.25, 0.3) is 0 Å². The molecule has 2 aromatic rings. The number of rotatable bonds is 2. The monoisotopic (exact) mass is 466 g/mol. The predicted octanol–water partition coefficient (Wildman–Crippen LogP) is 4.91. The minimum atomic E-state index is -4.41. The summed E-state index contributed by atoms with van der Waals surface area (Å²) >= 11 is 6.04. The molecule has 3 amide bonds. The molecule has 0 saturated carbocycles. The fourth-order valence-corrected chi connectivity index (χ4v) is 4.56. The first-order valence-electron chi connectivity index (χ1n) is 10.3. The zero-order valence-electron chi connectivity index (χ0n) is 17.2. The van der Waals surface area contributed by atoms with Gasteiger partial charge in [-0.1, -0.05) is 11.6 Å². The number of nitrogens with zero attached hydrogens (tertiary/aromatic N) is 3. The van der Waals surface area contributed by atoms with Crippen LogP contribution in [0.4, 0.5) is 23.7 Å². The number of carbonyl (C=O) groups is 2. The second-order valence-corrected chi connectivity index (χ2v) is 8.67. The van der Waals surface area contributed by atoms with E-state index in [-0.39, 0.29) is 22.5 Å². The van der Waals surface area contributed by atoms with Gasteiger partial charge in [0.2, 0.25) is 0 Å². The second kappa shape index (κ2) is 8.61. The van der Waals surface area contributed by atoms with Crippen LogP contribution >= 0.6 is 11.6 Å². The molecule has 0 radical (unpaired) electrons. The Morgan fingerprint density at radius 2 is 1.62 bits per heavy atom. The van der Waals surface area contributed by atoms with Gasteiger partial charge in [-0.2, -0.15) is 13.2 Å². The van der Waals surface area contributed by atoms with Gasteiger partial charge in [-0.3, -0.25) is 4.79 Å². The first-order valence-corrected chi connectivity index (χ1v) is 10.7. The van der Waals surface area contributed by atoms with Crippen molar-refractivity contribution < 1.29 is 22.8 Å². The van der Waals surface area contributed by atoms with E-state index in [9.17, 15) is 22.8 Å². The highest BCUT2D eigenvalue weighted by Crippen LogP contribution is 2.41. The summed E-state index contributed by atoms with van der Waals surface area (Å²) in [6.07, 6.45) is -0.528. The van der Waals surface area contributed by atoms with Gasteiger partial charge in [0.25, 0.3) is 5.91 Å². The normalized spacial score (nSPS) is 18.1. The highest BCUT2D eigenvalue weighted by molar-refractivity contribution is 6.32. The number of anilines is 1. The molecule has 1 aromatic carbocycles. The van der Waals surface area contributed by atoms with Crippen LogP contribution in [-0.2, 0) is 6.18 Å². The van der Waals surface area contributed by atoms with E-state index in [1.54, 1.807) is 21.9 Å². The van der Waals surface area contributed by atoms with Crippen LogP contribution < -0.4 is 5.32 Å². The van der Waals surface area contributed by atoms with Crippen molar-refractivity contribution in [2.24, 2.45) is 5.41 Å². The van der Waals surface area contributed by atoms with Crippen molar-refractivity contribution in [3.8, 4) is 0 Å². The van der Waals surface area contributed by atoms with Gasteiger partial charge in [0.15, 0.2) is 0 Å². The van der Waals surface area contributed by atoms with Crippen molar-refractivity contribution in [1.29, 1.82) is 0 Å². The summed E-state index contributed by atoms with van der Waals surface area (Å²) in [5, 5.41) is 2.86. The molecule has 2 aliphatic heterocycles. The van der Waals surface area contributed by atoms with E-state index in [0.717, 1.165) is 31.4 Å². The third-order valence-corrected chi connectivity index (χ3v) is 6.59. The molecule has 4 rings (SSSR count). The number of hydrogen-bond donors (Lipinski definition) is 1. The minimum Gasteiger partial charge on any atom is -0.339 e. The third kappa shape index (κ3) is 4.67. The van der Waals surface area contributed by atoms with E-state index >= 15 is 0 Å². The van der Waals surface area contributed by atoms with Crippen LogP contribution in [0.3, 0.4) is 0 Å². The van der Waals surface area contributed by atoms with Gasteiger partial charge >= 0.3 is 12.2 Å². The number of benzene rings is 1. The van der Waals surface area contributed by atoms with E-state index < -0.39 is 11.7 Å². The number of amides is 3. The maximum absolute atomic E-state index is 12.7. The Labute approximate surface area is 188 Å². The molecule has 3 heterocycles. The molecule has 2 fully saturated rings. The Morgan fingerprint density at radius 3 is 2.22 bits per heavy atom. The molecule has 0 atom stereocenters. The Balaban J connectivity index is 1.32. The smallest absolute Gasteiger partial charge is 0.339 e. The summed E-state index contributed by atoms with van der Waals surface area (Å²) in [7, 11) is 0. The van der Waals surface area contributed by atoms with Crippen LogP contribution in [0.2, 0.25) is 5.15 Å². The summed E-state index contributed by atoms with van der Waals surface area (Å²) in [5.74, 6) is -0.146. The summed E-state index contributed by atoms with van der Waals surface area (Å²) in [5.41, 5.74) is -0.121. The van der Waals surface area contributed by atoms with E-state index in [1.807, 2.05) is 0 Å². The quantitative estimate of drug-likeness (QED) is 0.639. The van der Waals surface area contributed by atoms with E-state index in [4.69, 9.17) is 11.6 Å². The Kier molecular flexibility index (Phi) is 6.03. The van der Waals surface area contributed by atoms with Crippen molar-refractivity contribution in [2.45, 2.75) is 25.4 Å². The summed E-state index contributed by atoms with van der Waals surface area (Å²) in [6.45, 7) is 2.25. The molecule has 1 N–H and O–H groups in total. The number of alkyl halides is 3. The van der Waals surface area contributed by atoms with E-state index in [2.05, 4.69) is 10.3 Å². The third-order valence-electron chi connectivity index (χ3n) is 6.29. The maximum Gasteiger partial charge on any atom is 0.416 e. The van der Waals surface area contributed by atoms with Crippen LogP contribution in [-0.4, -0.2) is 52.9 Å². The number of nitrogens with one attached hydrogen (secondary N) is 1. The van der Waals surface area contributed by atoms with Crippen molar-refractivity contribution in [2.75, 3.05) is 31.5 Å². The van der Waals surface area contributed by atoms with E-state index in [0.29, 0.717) is 37.4 Å². The molecule has 0 bridgehead atoms. The average Bonchev–Trinajstić information content (AvgIpc) is 3.18. The Bertz CT molecular complexity index is 1000. The minimum absolute atomic E-state index is 0.0625. The maximum atomic E-state index is 12.7. The highest BCUT2D eigenvalue weighted by atomic mass is 35.5. The fraction of sp³-hybridized carbons (Fsp3) is 0.409. The number of halogens is 4. The van der Waals surface area contributed by atoms with Gasteiger partial charge in [0.05, 0.1) is 11.1 Å². The zero-order chi connectivity index (χ0) is 22.9. The molecule has 0 aliphatic carbocycles. The number of piperidine rings is 1. The van der Waals surface area contributed by atoms with Crippen molar-refractivity contribution in [1.82, 2.24) is 14.8 Å².